The van der Waals surface area contributed by atoms with Gasteiger partial charge in [-0.25, -0.2) is 4.98 Å². The van der Waals surface area contributed by atoms with Crippen LogP contribution >= 0.6 is 0 Å². The lowest BCUT2D eigenvalue weighted by Crippen LogP contribution is -2.24. The molecule has 3 N–H and O–H groups in total. The zero-order valence-corrected chi connectivity index (χ0v) is 19.0. The number of rotatable bonds is 5. The van der Waals surface area contributed by atoms with E-state index in [1.54, 1.807) is 0 Å². The quantitative estimate of drug-likeness (QED) is 0.433. The molecule has 0 aliphatic heterocycles. The van der Waals surface area contributed by atoms with Crippen molar-refractivity contribution in [1.82, 2.24) is 9.97 Å². The van der Waals surface area contributed by atoms with Crippen molar-refractivity contribution in [1.29, 1.82) is 0 Å². The molecule has 2 amide bonds. The number of hydrogen-bond acceptors (Lipinski definition) is 3. The van der Waals surface area contributed by atoms with Crippen LogP contribution in [-0.2, 0) is 9.59 Å². The van der Waals surface area contributed by atoms with E-state index in [1.165, 1.54) is 12.8 Å². The zero-order chi connectivity index (χ0) is 22.6. The first-order valence-electron chi connectivity index (χ1n) is 12.4. The van der Waals surface area contributed by atoms with Gasteiger partial charge in [0.05, 0.1) is 11.2 Å². The highest BCUT2D eigenvalue weighted by atomic mass is 16.2. The number of nitrogens with one attached hydrogen (secondary N) is 3. The molecule has 33 heavy (non-hydrogen) atoms. The van der Waals surface area contributed by atoms with Gasteiger partial charge in [0.1, 0.15) is 11.3 Å². The van der Waals surface area contributed by atoms with Gasteiger partial charge < -0.3 is 15.6 Å². The van der Waals surface area contributed by atoms with E-state index < -0.39 is 0 Å². The number of aromatic amines is 1. The molecular formula is C27H32N4O2. The molecule has 0 unspecified atom stereocenters. The monoisotopic (exact) mass is 444 g/mol. The van der Waals surface area contributed by atoms with Crippen LogP contribution in [-0.4, -0.2) is 21.8 Å². The summed E-state index contributed by atoms with van der Waals surface area (Å²) in [6.45, 7) is 0. The Bertz CT molecular complexity index is 1140. The Morgan fingerprint density at radius 2 is 1.42 bits per heavy atom. The van der Waals surface area contributed by atoms with Crippen molar-refractivity contribution in [3.05, 3.63) is 42.5 Å². The van der Waals surface area contributed by atoms with E-state index >= 15 is 0 Å². The molecule has 1 heterocycles. The molecule has 0 radical (unpaired) electrons. The number of carbonyl (C=O) groups excluding carboxylic acids is 2. The first-order chi connectivity index (χ1) is 16.2. The van der Waals surface area contributed by atoms with Gasteiger partial charge >= 0.3 is 0 Å². The van der Waals surface area contributed by atoms with E-state index in [-0.39, 0.29) is 23.7 Å². The Morgan fingerprint density at radius 3 is 2.12 bits per heavy atom. The molecule has 0 saturated heterocycles. The minimum Gasteiger partial charge on any atom is -0.338 e. The van der Waals surface area contributed by atoms with Crippen LogP contribution in [0.25, 0.3) is 22.4 Å². The van der Waals surface area contributed by atoms with Gasteiger partial charge in [-0.05, 0) is 49.9 Å². The fourth-order valence-corrected chi connectivity index (χ4v) is 5.22. The number of anilines is 2. The van der Waals surface area contributed by atoms with E-state index in [2.05, 4.69) is 15.6 Å². The first-order valence-corrected chi connectivity index (χ1v) is 12.4. The number of benzene rings is 2. The third kappa shape index (κ3) is 4.95. The summed E-state index contributed by atoms with van der Waals surface area (Å²) < 4.78 is 0. The molecule has 1 aromatic heterocycles. The van der Waals surface area contributed by atoms with Crippen LogP contribution in [0.5, 0.6) is 0 Å². The van der Waals surface area contributed by atoms with Crippen LogP contribution in [0.15, 0.2) is 42.5 Å². The minimum absolute atomic E-state index is 0.0943. The summed E-state index contributed by atoms with van der Waals surface area (Å²) in [5.41, 5.74) is 4.07. The second-order valence-corrected chi connectivity index (χ2v) is 9.52. The summed E-state index contributed by atoms with van der Waals surface area (Å²) in [6, 6.07) is 13.6. The molecule has 0 bridgehead atoms. The van der Waals surface area contributed by atoms with Crippen LogP contribution < -0.4 is 10.6 Å². The van der Waals surface area contributed by atoms with Gasteiger partial charge in [0, 0.05) is 23.1 Å². The molecule has 2 aromatic carbocycles. The summed E-state index contributed by atoms with van der Waals surface area (Å²) in [4.78, 5) is 33.6. The maximum atomic E-state index is 12.8. The molecule has 6 heteroatoms. The van der Waals surface area contributed by atoms with Crippen molar-refractivity contribution in [2.24, 2.45) is 11.8 Å². The standard InChI is InChI=1S/C27H32N4O2/c32-26(18-9-3-1-4-10-18)28-21-14-7-13-20(17-21)25-29-22-15-8-16-23(24(22)31-25)30-27(33)19-11-5-2-6-12-19/h7-8,13-19H,1-6,9-12H2,(H,28,32)(H,29,31)(H,30,33). The van der Waals surface area contributed by atoms with Crippen molar-refractivity contribution in [2.45, 2.75) is 64.2 Å². The number of H-pyrrole nitrogens is 1. The largest absolute Gasteiger partial charge is 0.338 e. The van der Waals surface area contributed by atoms with E-state index in [9.17, 15) is 9.59 Å². The Kier molecular flexibility index (Phi) is 6.42. The van der Waals surface area contributed by atoms with Gasteiger partial charge in [0.25, 0.3) is 0 Å². The number of imidazole rings is 1. The summed E-state index contributed by atoms with van der Waals surface area (Å²) in [7, 11) is 0. The molecule has 2 fully saturated rings. The summed E-state index contributed by atoms with van der Waals surface area (Å²) >= 11 is 0. The van der Waals surface area contributed by atoms with E-state index in [0.717, 1.165) is 85.2 Å². The molecule has 6 nitrogen and oxygen atoms in total. The second-order valence-electron chi connectivity index (χ2n) is 9.52. The highest BCUT2D eigenvalue weighted by molar-refractivity contribution is 6.01. The van der Waals surface area contributed by atoms with Gasteiger partial charge in [-0.2, -0.15) is 0 Å². The zero-order valence-electron chi connectivity index (χ0n) is 19.0. The third-order valence-electron chi connectivity index (χ3n) is 7.13. The smallest absolute Gasteiger partial charge is 0.227 e. The lowest BCUT2D eigenvalue weighted by molar-refractivity contribution is -0.121. The van der Waals surface area contributed by atoms with Gasteiger partial charge in [-0.3, -0.25) is 9.59 Å². The van der Waals surface area contributed by atoms with Crippen molar-refractivity contribution >= 4 is 34.2 Å². The predicted octanol–water partition coefficient (Wildman–Crippen LogP) is 6.27. The van der Waals surface area contributed by atoms with Crippen LogP contribution in [0.2, 0.25) is 0 Å². The molecule has 2 aliphatic carbocycles. The fraction of sp³-hybridized carbons (Fsp3) is 0.444. The van der Waals surface area contributed by atoms with E-state index in [1.807, 2.05) is 42.5 Å². The molecule has 0 spiro atoms. The number of nitrogens with zero attached hydrogens (tertiary/aromatic N) is 1. The number of carbonyl (C=O) groups is 2. The minimum atomic E-state index is 0.0943. The molecule has 172 valence electrons. The maximum Gasteiger partial charge on any atom is 0.227 e. The summed E-state index contributed by atoms with van der Waals surface area (Å²) in [5.74, 6) is 1.14. The molecular weight excluding hydrogens is 412 g/mol. The Balaban J connectivity index is 1.34. The fourth-order valence-electron chi connectivity index (χ4n) is 5.22. The van der Waals surface area contributed by atoms with Crippen LogP contribution in [0.3, 0.4) is 0 Å². The Labute approximate surface area is 194 Å². The number of hydrogen-bond donors (Lipinski definition) is 3. The lowest BCUT2D eigenvalue weighted by atomic mass is 9.88. The Hall–Kier alpha value is -3.15. The average Bonchev–Trinajstić information content (AvgIpc) is 3.31. The van der Waals surface area contributed by atoms with Gasteiger partial charge in [-0.1, -0.05) is 56.7 Å². The molecule has 5 rings (SSSR count). The number of para-hydroxylation sites is 1. The van der Waals surface area contributed by atoms with Gasteiger partial charge in [0.15, 0.2) is 0 Å². The van der Waals surface area contributed by atoms with Crippen molar-refractivity contribution in [2.75, 3.05) is 10.6 Å². The average molecular weight is 445 g/mol. The number of amides is 2. The normalized spacial score (nSPS) is 17.7. The van der Waals surface area contributed by atoms with E-state index in [0.29, 0.717) is 0 Å². The highest BCUT2D eigenvalue weighted by Gasteiger charge is 2.23. The third-order valence-corrected chi connectivity index (χ3v) is 7.13. The maximum absolute atomic E-state index is 12.8. The lowest BCUT2D eigenvalue weighted by Gasteiger charge is -2.20. The molecule has 2 saturated carbocycles. The topological polar surface area (TPSA) is 86.9 Å². The van der Waals surface area contributed by atoms with Crippen molar-refractivity contribution in [3.8, 4) is 11.4 Å². The van der Waals surface area contributed by atoms with Crippen LogP contribution in [0.4, 0.5) is 11.4 Å². The second kappa shape index (κ2) is 9.77. The first kappa shape index (κ1) is 21.7. The molecule has 0 atom stereocenters. The van der Waals surface area contributed by atoms with Crippen LogP contribution in [0.1, 0.15) is 64.2 Å². The number of fused-ring (bicyclic) bond motifs is 1. The number of aromatic nitrogens is 2. The Morgan fingerprint density at radius 1 is 0.788 bits per heavy atom. The van der Waals surface area contributed by atoms with Gasteiger partial charge in [0.2, 0.25) is 11.8 Å². The van der Waals surface area contributed by atoms with Crippen molar-refractivity contribution in [3.63, 3.8) is 0 Å². The highest BCUT2D eigenvalue weighted by Crippen LogP contribution is 2.30. The summed E-state index contributed by atoms with van der Waals surface area (Å²) in [5, 5.41) is 6.21. The summed E-state index contributed by atoms with van der Waals surface area (Å²) in [6.07, 6.45) is 10.9. The van der Waals surface area contributed by atoms with Crippen LogP contribution in [0, 0.1) is 11.8 Å². The molecule has 3 aromatic rings. The van der Waals surface area contributed by atoms with Crippen molar-refractivity contribution < 1.29 is 9.59 Å². The SMILES string of the molecule is O=C(Nc1cccc(-c2nc3c(NC(=O)C4CCCCC4)cccc3[nH]2)c1)C1CCCCC1. The van der Waals surface area contributed by atoms with Gasteiger partial charge in [-0.15, -0.1) is 0 Å². The van der Waals surface area contributed by atoms with E-state index in [4.69, 9.17) is 4.98 Å². The predicted molar refractivity (Wildman–Crippen MR) is 132 cm³/mol. The molecule has 2 aliphatic rings.